The molecule has 0 aliphatic heterocycles. The van der Waals surface area contributed by atoms with Crippen LogP contribution in [0.5, 0.6) is 0 Å². The molecule has 0 amide bonds. The third kappa shape index (κ3) is 17.3. The SMILES string of the molecule is Cn1cc[n+](C)c1.F[P-](F)(F)(F)(F)F. The number of nitrogens with zero attached hydrogens (tertiary/aromatic N) is 2. The Morgan fingerprint density at radius 1 is 1.07 bits per heavy atom. The molecule has 0 aliphatic rings. The van der Waals surface area contributed by atoms with Crippen molar-refractivity contribution in [2.24, 2.45) is 14.1 Å². The normalized spacial score (nSPS) is 16.3. The molecular formula is C5H9F6N2P. The quantitative estimate of drug-likeness (QED) is 0.375. The van der Waals surface area contributed by atoms with Gasteiger partial charge >= 0.3 is 33.0 Å². The molecular weight excluding hydrogens is 233 g/mol. The summed E-state index contributed by atoms with van der Waals surface area (Å²) in [5.74, 6) is 0. The number of aromatic nitrogens is 2. The zero-order chi connectivity index (χ0) is 11.7. The summed E-state index contributed by atoms with van der Waals surface area (Å²) in [6.07, 6.45) is 6.00. The van der Waals surface area contributed by atoms with Crippen molar-refractivity contribution in [2.75, 3.05) is 0 Å². The van der Waals surface area contributed by atoms with E-state index in [1.807, 2.05) is 42.0 Å². The van der Waals surface area contributed by atoms with Crippen LogP contribution in [0.2, 0.25) is 0 Å². The molecule has 86 valence electrons. The Hall–Kier alpha value is -0.780. The van der Waals surface area contributed by atoms with E-state index >= 15 is 0 Å². The summed E-state index contributed by atoms with van der Waals surface area (Å²) in [6, 6.07) is 0. The molecule has 0 saturated heterocycles. The number of hydrogen-bond acceptors (Lipinski definition) is 0. The third-order valence-electron chi connectivity index (χ3n) is 0.901. The average Bonchev–Trinajstić information content (AvgIpc) is 2.04. The second-order valence-corrected chi connectivity index (χ2v) is 4.62. The van der Waals surface area contributed by atoms with Gasteiger partial charge in [-0.3, -0.25) is 0 Å². The average molecular weight is 242 g/mol. The van der Waals surface area contributed by atoms with Gasteiger partial charge in [0.2, 0.25) is 6.33 Å². The first-order chi connectivity index (χ1) is 5.74. The predicted octanol–water partition coefficient (Wildman–Crippen LogP) is 3.23. The topological polar surface area (TPSA) is 8.81 Å². The summed E-state index contributed by atoms with van der Waals surface area (Å²) in [5.41, 5.74) is 0. The van der Waals surface area contributed by atoms with Gasteiger partial charge in [-0.15, -0.1) is 0 Å². The van der Waals surface area contributed by atoms with E-state index < -0.39 is 7.81 Å². The first kappa shape index (κ1) is 13.2. The molecule has 1 aromatic heterocycles. The van der Waals surface area contributed by atoms with Gasteiger partial charge in [-0.05, 0) is 0 Å². The van der Waals surface area contributed by atoms with E-state index in [-0.39, 0.29) is 0 Å². The van der Waals surface area contributed by atoms with Crippen LogP contribution >= 0.6 is 7.81 Å². The van der Waals surface area contributed by atoms with Gasteiger partial charge in [-0.25, -0.2) is 9.13 Å². The van der Waals surface area contributed by atoms with Gasteiger partial charge in [-0.2, -0.15) is 0 Å². The summed E-state index contributed by atoms with van der Waals surface area (Å²) < 4.78 is 63.2. The summed E-state index contributed by atoms with van der Waals surface area (Å²) in [4.78, 5) is 0. The van der Waals surface area contributed by atoms with E-state index in [1.165, 1.54) is 0 Å². The molecule has 0 aliphatic carbocycles. The first-order valence-corrected chi connectivity index (χ1v) is 5.30. The number of aryl methyl sites for hydroxylation is 2. The van der Waals surface area contributed by atoms with Gasteiger partial charge in [0.25, 0.3) is 0 Å². The van der Waals surface area contributed by atoms with Crippen molar-refractivity contribution < 1.29 is 29.7 Å². The van der Waals surface area contributed by atoms with E-state index in [0.29, 0.717) is 0 Å². The molecule has 1 heterocycles. The van der Waals surface area contributed by atoms with Crippen molar-refractivity contribution in [3.05, 3.63) is 18.7 Å². The second kappa shape index (κ2) is 2.85. The van der Waals surface area contributed by atoms with Gasteiger partial charge in [0, 0.05) is 0 Å². The molecule has 0 fully saturated rings. The molecule has 14 heavy (non-hydrogen) atoms. The van der Waals surface area contributed by atoms with Crippen molar-refractivity contribution in [3.8, 4) is 0 Å². The van der Waals surface area contributed by atoms with Crippen molar-refractivity contribution in [1.82, 2.24) is 4.57 Å². The van der Waals surface area contributed by atoms with E-state index in [0.717, 1.165) is 0 Å². The Balaban J connectivity index is 0.000000241. The maximum atomic E-state index is 9.87. The van der Waals surface area contributed by atoms with Gasteiger partial charge in [0.1, 0.15) is 12.4 Å². The fraction of sp³-hybridized carbons (Fsp3) is 0.400. The molecule has 0 unspecified atom stereocenters. The Morgan fingerprint density at radius 2 is 1.43 bits per heavy atom. The van der Waals surface area contributed by atoms with Crippen LogP contribution in [0.4, 0.5) is 25.2 Å². The van der Waals surface area contributed by atoms with Crippen LogP contribution < -0.4 is 4.57 Å². The minimum atomic E-state index is -10.7. The monoisotopic (exact) mass is 242 g/mol. The summed E-state index contributed by atoms with van der Waals surface area (Å²) in [6.45, 7) is 0. The first-order valence-electron chi connectivity index (χ1n) is 3.27. The van der Waals surface area contributed by atoms with Gasteiger partial charge in [-0.1, -0.05) is 0 Å². The summed E-state index contributed by atoms with van der Waals surface area (Å²) in [5, 5.41) is 0. The molecule has 0 bridgehead atoms. The molecule has 9 heteroatoms. The molecule has 0 aromatic carbocycles. The van der Waals surface area contributed by atoms with Crippen LogP contribution in [0, 0.1) is 0 Å². The van der Waals surface area contributed by atoms with Gasteiger partial charge in [0.15, 0.2) is 0 Å². The van der Waals surface area contributed by atoms with Gasteiger partial charge in [0.05, 0.1) is 14.1 Å². The zero-order valence-corrected chi connectivity index (χ0v) is 8.24. The van der Waals surface area contributed by atoms with Crippen LogP contribution in [0.25, 0.3) is 0 Å². The number of hydrogen-bond donors (Lipinski definition) is 0. The Morgan fingerprint density at radius 3 is 1.50 bits per heavy atom. The van der Waals surface area contributed by atoms with E-state index in [4.69, 9.17) is 0 Å². The molecule has 0 atom stereocenters. The molecule has 0 N–H and O–H groups in total. The van der Waals surface area contributed by atoms with E-state index in [9.17, 15) is 25.2 Å². The molecule has 1 aromatic rings. The van der Waals surface area contributed by atoms with Crippen molar-refractivity contribution in [2.45, 2.75) is 0 Å². The van der Waals surface area contributed by atoms with Gasteiger partial charge < -0.3 is 0 Å². The van der Waals surface area contributed by atoms with Crippen molar-refractivity contribution in [1.29, 1.82) is 0 Å². The number of halogens is 6. The van der Waals surface area contributed by atoms with Crippen LogP contribution in [0.1, 0.15) is 0 Å². The van der Waals surface area contributed by atoms with Crippen LogP contribution in [0.15, 0.2) is 18.7 Å². The number of imidazole rings is 1. The summed E-state index contributed by atoms with van der Waals surface area (Å²) >= 11 is 0. The summed E-state index contributed by atoms with van der Waals surface area (Å²) in [7, 11) is -6.66. The van der Waals surface area contributed by atoms with E-state index in [2.05, 4.69) is 0 Å². The van der Waals surface area contributed by atoms with Crippen molar-refractivity contribution >= 4 is 7.81 Å². The number of rotatable bonds is 0. The molecule has 2 nitrogen and oxygen atoms in total. The van der Waals surface area contributed by atoms with E-state index in [1.54, 1.807) is 0 Å². The fourth-order valence-electron chi connectivity index (χ4n) is 0.575. The zero-order valence-electron chi connectivity index (χ0n) is 7.34. The second-order valence-electron chi connectivity index (χ2n) is 2.70. The molecule has 0 saturated carbocycles. The third-order valence-corrected chi connectivity index (χ3v) is 0.901. The molecule has 0 radical (unpaired) electrons. The predicted molar refractivity (Wildman–Crippen MR) is 40.2 cm³/mol. The maximum absolute atomic E-state index is 10.7. The Kier molecular flexibility index (Phi) is 2.69. The minimum absolute atomic E-state index is 2.00. The van der Waals surface area contributed by atoms with Crippen LogP contribution in [-0.4, -0.2) is 4.57 Å². The van der Waals surface area contributed by atoms with Crippen molar-refractivity contribution in [3.63, 3.8) is 0 Å². The Bertz CT molecular complexity index is 283. The van der Waals surface area contributed by atoms with Crippen LogP contribution in [0.3, 0.4) is 0 Å². The standard InChI is InChI=1S/C5H9N2.F6P/c1-6-3-4-7(2)5-6;1-7(2,3,4,5)6/h3-5H,1-2H3;/q+1;-1. The molecule has 1 rings (SSSR count). The van der Waals surface area contributed by atoms with Crippen LogP contribution in [-0.2, 0) is 14.1 Å². The Labute approximate surface area is 76.0 Å². The fourth-order valence-corrected chi connectivity index (χ4v) is 0.575. The molecule has 0 spiro atoms.